The molecule has 0 radical (unpaired) electrons. The summed E-state index contributed by atoms with van der Waals surface area (Å²) in [5.74, 6) is 0. The van der Waals surface area contributed by atoms with E-state index in [9.17, 15) is 0 Å². The smallest absolute Gasteiger partial charge is 0.0368 e. The summed E-state index contributed by atoms with van der Waals surface area (Å²) in [4.78, 5) is 0. The Hall–Kier alpha value is -6.32. The molecule has 0 aliphatic carbocycles. The van der Waals surface area contributed by atoms with Crippen LogP contribution < -0.4 is 0 Å². The lowest BCUT2D eigenvalue weighted by Gasteiger charge is -2.18. The summed E-state index contributed by atoms with van der Waals surface area (Å²) in [6.45, 7) is 0. The van der Waals surface area contributed by atoms with Crippen LogP contribution in [0, 0.1) is 0 Å². The van der Waals surface area contributed by atoms with Crippen LogP contribution in [0.2, 0.25) is 0 Å². The van der Waals surface area contributed by atoms with Gasteiger partial charge in [0.2, 0.25) is 0 Å². The van der Waals surface area contributed by atoms with E-state index in [1.165, 1.54) is 117 Å². The first-order chi connectivity index (χ1) is 26.8. The van der Waals surface area contributed by atoms with Gasteiger partial charge in [0, 0.05) is 40.3 Å². The van der Waals surface area contributed by atoms with Crippen molar-refractivity contribution >= 4 is 106 Å². The molecule has 0 aliphatic heterocycles. The Labute approximate surface area is 319 Å². The Bertz CT molecular complexity index is 3450. The molecule has 0 saturated heterocycles. The molecule has 10 aromatic carbocycles. The summed E-state index contributed by atoms with van der Waals surface area (Å²) in [6, 6.07) is 67.8. The van der Waals surface area contributed by atoms with Crippen LogP contribution in [0.3, 0.4) is 0 Å². The summed E-state index contributed by atoms with van der Waals surface area (Å²) in [5, 5.41) is 15.7. The molecule has 2 heteroatoms. The van der Waals surface area contributed by atoms with Gasteiger partial charge in [-0.2, -0.15) is 0 Å². The predicted octanol–water partition coefficient (Wildman–Crippen LogP) is 16.0. The van der Waals surface area contributed by atoms with Crippen LogP contribution in [-0.2, 0) is 0 Å². The lowest BCUT2D eigenvalue weighted by atomic mass is 9.85. The molecule has 0 amide bonds. The number of fused-ring (bicyclic) bond motifs is 12. The molecule has 2 heterocycles. The molecule has 0 atom stereocenters. The molecular formula is C52H30S2. The van der Waals surface area contributed by atoms with E-state index in [0.717, 1.165) is 0 Å². The third kappa shape index (κ3) is 4.36. The second-order valence-corrected chi connectivity index (χ2v) is 16.5. The Morgan fingerprint density at radius 2 is 0.778 bits per heavy atom. The summed E-state index contributed by atoms with van der Waals surface area (Å²) in [6.07, 6.45) is 0. The van der Waals surface area contributed by atoms with E-state index in [1.54, 1.807) is 0 Å². The average molecular weight is 719 g/mol. The number of hydrogen-bond donors (Lipinski definition) is 0. The van der Waals surface area contributed by atoms with Gasteiger partial charge in [0.15, 0.2) is 0 Å². The Balaban J connectivity index is 1.11. The number of hydrogen-bond acceptors (Lipinski definition) is 2. The van der Waals surface area contributed by atoms with Gasteiger partial charge in [0.05, 0.1) is 0 Å². The third-order valence-corrected chi connectivity index (χ3v) is 13.7. The van der Waals surface area contributed by atoms with E-state index < -0.39 is 0 Å². The molecule has 0 aliphatic rings. The minimum Gasteiger partial charge on any atom is -0.135 e. The minimum atomic E-state index is 1.23. The van der Waals surface area contributed by atoms with Crippen LogP contribution in [0.15, 0.2) is 182 Å². The molecule has 0 nitrogen and oxygen atoms in total. The molecule has 0 unspecified atom stereocenters. The van der Waals surface area contributed by atoms with Gasteiger partial charge in [0.1, 0.15) is 0 Å². The van der Waals surface area contributed by atoms with E-state index in [-0.39, 0.29) is 0 Å². The van der Waals surface area contributed by atoms with Gasteiger partial charge in [-0.1, -0.05) is 146 Å². The molecule has 12 aromatic rings. The lowest BCUT2D eigenvalue weighted by Crippen LogP contribution is -1.91. The highest BCUT2D eigenvalue weighted by Crippen LogP contribution is 2.49. The zero-order chi connectivity index (χ0) is 35.3. The molecule has 250 valence electrons. The first-order valence-corrected chi connectivity index (χ1v) is 20.1. The predicted molar refractivity (Wildman–Crippen MR) is 239 cm³/mol. The molecule has 54 heavy (non-hydrogen) atoms. The van der Waals surface area contributed by atoms with Gasteiger partial charge in [-0.15, -0.1) is 22.7 Å². The number of benzene rings is 10. The highest BCUT2D eigenvalue weighted by molar-refractivity contribution is 7.28. The van der Waals surface area contributed by atoms with Crippen molar-refractivity contribution in [2.45, 2.75) is 0 Å². The van der Waals surface area contributed by atoms with E-state index in [4.69, 9.17) is 0 Å². The molecular weight excluding hydrogens is 689 g/mol. The maximum absolute atomic E-state index is 2.46. The van der Waals surface area contributed by atoms with Crippen molar-refractivity contribution in [2.24, 2.45) is 0 Å². The van der Waals surface area contributed by atoms with Gasteiger partial charge in [-0.05, 0) is 113 Å². The number of rotatable bonds is 3. The first-order valence-electron chi connectivity index (χ1n) is 18.5. The van der Waals surface area contributed by atoms with Crippen molar-refractivity contribution in [1.29, 1.82) is 0 Å². The highest BCUT2D eigenvalue weighted by atomic mass is 32.1. The largest absolute Gasteiger partial charge is 0.135 e. The summed E-state index contributed by atoms with van der Waals surface area (Å²) < 4.78 is 5.39. The summed E-state index contributed by atoms with van der Waals surface area (Å²) in [7, 11) is 0. The van der Waals surface area contributed by atoms with Crippen LogP contribution in [0.5, 0.6) is 0 Å². The molecule has 12 rings (SSSR count). The molecule has 0 N–H and O–H groups in total. The summed E-state index contributed by atoms with van der Waals surface area (Å²) in [5.41, 5.74) is 7.57. The standard InChI is InChI=1S/C52H30S2/c1-2-13-32-28-35(25-24-31(32)12-1)49-40-20-7-5-18-38(40)48(39-19-6-8-21-41(39)49)34-15-11-14-33(29-34)43-30-47-50(37-17-4-3-16-36(37)43)52-46(54-47)27-26-45-51(52)42-22-9-10-23-44(42)53-45/h1-30H. The Morgan fingerprint density at radius 1 is 0.259 bits per heavy atom. The maximum atomic E-state index is 2.46. The fourth-order valence-electron chi connectivity index (χ4n) is 9.11. The van der Waals surface area contributed by atoms with Crippen molar-refractivity contribution in [3.05, 3.63) is 182 Å². The third-order valence-electron chi connectivity index (χ3n) is 11.4. The quantitative estimate of drug-likeness (QED) is 0.160. The maximum Gasteiger partial charge on any atom is 0.0368 e. The van der Waals surface area contributed by atoms with Crippen LogP contribution in [0.1, 0.15) is 0 Å². The van der Waals surface area contributed by atoms with Gasteiger partial charge < -0.3 is 0 Å². The van der Waals surface area contributed by atoms with Crippen LogP contribution in [-0.4, -0.2) is 0 Å². The lowest BCUT2D eigenvalue weighted by molar-refractivity contribution is 1.64. The zero-order valence-electron chi connectivity index (χ0n) is 29.1. The fourth-order valence-corrected chi connectivity index (χ4v) is 11.4. The second kappa shape index (κ2) is 11.6. The van der Waals surface area contributed by atoms with E-state index in [2.05, 4.69) is 182 Å². The van der Waals surface area contributed by atoms with Gasteiger partial charge in [-0.25, -0.2) is 0 Å². The fraction of sp³-hybridized carbons (Fsp3) is 0. The van der Waals surface area contributed by atoms with Crippen molar-refractivity contribution in [2.75, 3.05) is 0 Å². The zero-order valence-corrected chi connectivity index (χ0v) is 30.8. The molecule has 0 fully saturated rings. The summed E-state index contributed by atoms with van der Waals surface area (Å²) >= 11 is 3.82. The average Bonchev–Trinajstić information content (AvgIpc) is 3.80. The van der Waals surface area contributed by atoms with Crippen LogP contribution in [0.4, 0.5) is 0 Å². The Morgan fingerprint density at radius 3 is 1.50 bits per heavy atom. The van der Waals surface area contributed by atoms with Gasteiger partial charge in [0.25, 0.3) is 0 Å². The normalized spacial score (nSPS) is 12.1. The van der Waals surface area contributed by atoms with Crippen LogP contribution in [0.25, 0.3) is 117 Å². The van der Waals surface area contributed by atoms with E-state index in [1.807, 2.05) is 22.7 Å². The van der Waals surface area contributed by atoms with Crippen molar-refractivity contribution in [3.8, 4) is 33.4 Å². The minimum absolute atomic E-state index is 1.23. The van der Waals surface area contributed by atoms with Gasteiger partial charge in [-0.3, -0.25) is 0 Å². The molecule has 0 saturated carbocycles. The molecule has 0 bridgehead atoms. The SMILES string of the molecule is c1cc(-c2c3ccccc3c(-c3ccc4ccccc4c3)c3ccccc23)cc(-c2cc3sc4ccc5sc6ccccc6c5c4c3c3ccccc23)c1. The van der Waals surface area contributed by atoms with Crippen molar-refractivity contribution in [3.63, 3.8) is 0 Å². The number of thiophene rings is 2. The molecule has 0 spiro atoms. The Kier molecular flexibility index (Phi) is 6.48. The molecule has 2 aromatic heterocycles. The van der Waals surface area contributed by atoms with Crippen LogP contribution >= 0.6 is 22.7 Å². The van der Waals surface area contributed by atoms with E-state index >= 15 is 0 Å². The monoisotopic (exact) mass is 718 g/mol. The van der Waals surface area contributed by atoms with Crippen molar-refractivity contribution < 1.29 is 0 Å². The van der Waals surface area contributed by atoms with Gasteiger partial charge >= 0.3 is 0 Å². The topological polar surface area (TPSA) is 0 Å². The second-order valence-electron chi connectivity index (χ2n) is 14.3. The van der Waals surface area contributed by atoms with Crippen molar-refractivity contribution in [1.82, 2.24) is 0 Å². The van der Waals surface area contributed by atoms with E-state index in [0.29, 0.717) is 0 Å². The highest BCUT2D eigenvalue weighted by Gasteiger charge is 2.20. The first kappa shape index (κ1) is 30.2.